The van der Waals surface area contributed by atoms with Crippen LogP contribution in [0.15, 0.2) is 0 Å². The fraction of sp³-hybridized carbons (Fsp3) is 1.00. The molecule has 0 rings (SSSR count). The van der Waals surface area contributed by atoms with E-state index in [4.69, 9.17) is 38.9 Å². The van der Waals surface area contributed by atoms with E-state index in [2.05, 4.69) is 13.8 Å². The van der Waals surface area contributed by atoms with Gasteiger partial charge in [0.15, 0.2) is 0 Å². The Morgan fingerprint density at radius 2 is 0.938 bits per heavy atom. The molecule has 0 aliphatic carbocycles. The lowest BCUT2D eigenvalue weighted by molar-refractivity contribution is -0.527. The molecule has 12 heteroatoms. The maximum absolute atomic E-state index is 11.5. The molecule has 4 N–H and O–H groups in total. The zero-order chi connectivity index (χ0) is 24.3. The second kappa shape index (κ2) is 27.1. The molecule has 0 aliphatic heterocycles. The first-order valence-corrected chi connectivity index (χ1v) is 13.1. The van der Waals surface area contributed by atoms with Gasteiger partial charge >= 0.3 is 7.82 Å². The predicted molar refractivity (Wildman–Crippen MR) is 120 cm³/mol. The molecule has 0 amide bonds. The van der Waals surface area contributed by atoms with Gasteiger partial charge in [-0.05, 0) is 12.8 Å². The third-order valence-corrected chi connectivity index (χ3v) is 4.89. The third kappa shape index (κ3) is 27.9. The SMILES string of the molecule is CCCCCCCOP(=O)(O)OCCCCCCC.OCCON(OCCO)OCCO. The molecular formula is C20H46NO10P. The van der Waals surface area contributed by atoms with Crippen molar-refractivity contribution in [2.75, 3.05) is 52.9 Å². The van der Waals surface area contributed by atoms with Gasteiger partial charge in [-0.1, -0.05) is 65.2 Å². The number of rotatable bonds is 23. The van der Waals surface area contributed by atoms with E-state index >= 15 is 0 Å². The normalized spacial score (nSPS) is 11.6. The van der Waals surface area contributed by atoms with Gasteiger partial charge in [-0.3, -0.25) is 9.05 Å². The Labute approximate surface area is 193 Å². The molecule has 196 valence electrons. The van der Waals surface area contributed by atoms with Crippen molar-refractivity contribution in [2.24, 2.45) is 0 Å². The summed E-state index contributed by atoms with van der Waals surface area (Å²) in [5.41, 5.74) is 0. The number of nitrogens with zero attached hydrogens (tertiary/aromatic N) is 1. The Bertz CT molecular complexity index is 368. The smallest absolute Gasteiger partial charge is 0.394 e. The van der Waals surface area contributed by atoms with Crippen LogP contribution in [0.5, 0.6) is 0 Å². The molecule has 0 atom stereocenters. The van der Waals surface area contributed by atoms with Crippen LogP contribution in [0.3, 0.4) is 0 Å². The summed E-state index contributed by atoms with van der Waals surface area (Å²) in [7, 11) is -3.80. The molecule has 0 radical (unpaired) electrons. The lowest BCUT2D eigenvalue weighted by Gasteiger charge is -2.17. The van der Waals surface area contributed by atoms with Crippen molar-refractivity contribution in [1.29, 1.82) is 0 Å². The number of aliphatic hydroxyl groups is 3. The molecule has 0 heterocycles. The highest BCUT2D eigenvalue weighted by Crippen LogP contribution is 2.43. The van der Waals surface area contributed by atoms with Gasteiger partial charge < -0.3 is 20.2 Å². The first kappa shape index (κ1) is 34.0. The van der Waals surface area contributed by atoms with Gasteiger partial charge in [0.25, 0.3) is 0 Å². The van der Waals surface area contributed by atoms with Gasteiger partial charge in [0.05, 0.1) is 58.2 Å². The summed E-state index contributed by atoms with van der Waals surface area (Å²) in [5, 5.41) is 25.9. The van der Waals surface area contributed by atoms with Gasteiger partial charge in [0, 0.05) is 0 Å². The van der Waals surface area contributed by atoms with Crippen LogP contribution in [0, 0.1) is 0 Å². The molecule has 0 saturated heterocycles. The Kier molecular flexibility index (Phi) is 28.8. The van der Waals surface area contributed by atoms with Crippen LogP contribution in [0.1, 0.15) is 78.1 Å². The minimum atomic E-state index is -3.80. The average Bonchev–Trinajstić information content (AvgIpc) is 2.78. The monoisotopic (exact) mass is 491 g/mol. The van der Waals surface area contributed by atoms with Crippen molar-refractivity contribution in [1.82, 2.24) is 5.39 Å². The van der Waals surface area contributed by atoms with Crippen molar-refractivity contribution in [3.05, 3.63) is 0 Å². The summed E-state index contributed by atoms with van der Waals surface area (Å²) in [6.45, 7) is 4.44. The molecule has 0 fully saturated rings. The van der Waals surface area contributed by atoms with Crippen LogP contribution in [0.4, 0.5) is 0 Å². The topological polar surface area (TPSA) is 147 Å². The van der Waals surface area contributed by atoms with E-state index in [0.717, 1.165) is 38.5 Å². The Hall–Kier alpha value is -0.170. The van der Waals surface area contributed by atoms with Gasteiger partial charge in [0.1, 0.15) is 0 Å². The van der Waals surface area contributed by atoms with Crippen molar-refractivity contribution in [3.8, 4) is 0 Å². The first-order valence-electron chi connectivity index (χ1n) is 11.6. The van der Waals surface area contributed by atoms with E-state index in [1.54, 1.807) is 0 Å². The number of aliphatic hydroxyl groups excluding tert-OH is 3. The summed E-state index contributed by atoms with van der Waals surface area (Å²) in [6.07, 6.45) is 10.9. The quantitative estimate of drug-likeness (QED) is 0.0949. The summed E-state index contributed by atoms with van der Waals surface area (Å²) in [6, 6.07) is 0. The van der Waals surface area contributed by atoms with E-state index in [0.29, 0.717) is 18.6 Å². The summed E-state index contributed by atoms with van der Waals surface area (Å²) < 4.78 is 21.4. The Morgan fingerprint density at radius 3 is 1.25 bits per heavy atom. The zero-order valence-electron chi connectivity index (χ0n) is 19.9. The number of hydrogen-bond donors (Lipinski definition) is 4. The van der Waals surface area contributed by atoms with Gasteiger partial charge in [-0.2, -0.15) is 0 Å². The number of hydrogen-bond acceptors (Lipinski definition) is 10. The van der Waals surface area contributed by atoms with Crippen LogP contribution in [0.2, 0.25) is 0 Å². The number of phosphoric acid groups is 1. The molecule has 11 nitrogen and oxygen atoms in total. The summed E-state index contributed by atoms with van der Waals surface area (Å²) in [4.78, 5) is 23.6. The highest BCUT2D eigenvalue weighted by atomic mass is 31.2. The average molecular weight is 492 g/mol. The molecule has 0 aromatic rings. The third-order valence-electron chi connectivity index (χ3n) is 3.87. The minimum Gasteiger partial charge on any atom is -0.394 e. The maximum atomic E-state index is 11.5. The number of phosphoric ester groups is 1. The van der Waals surface area contributed by atoms with Gasteiger partial charge in [-0.15, -0.1) is 0 Å². The minimum absolute atomic E-state index is 0.0108. The first-order chi connectivity index (χ1) is 15.5. The molecular weight excluding hydrogens is 445 g/mol. The molecule has 0 aromatic carbocycles. The molecule has 0 aromatic heterocycles. The van der Waals surface area contributed by atoms with E-state index in [-0.39, 0.29) is 39.6 Å². The summed E-state index contributed by atoms with van der Waals surface area (Å²) >= 11 is 0. The summed E-state index contributed by atoms with van der Waals surface area (Å²) in [5.74, 6) is 0. The highest BCUT2D eigenvalue weighted by molar-refractivity contribution is 7.47. The number of unbranched alkanes of at least 4 members (excludes halogenated alkanes) is 8. The molecule has 0 bridgehead atoms. The van der Waals surface area contributed by atoms with E-state index in [1.807, 2.05) is 0 Å². The van der Waals surface area contributed by atoms with Crippen LogP contribution < -0.4 is 0 Å². The Balaban J connectivity index is 0. The van der Waals surface area contributed by atoms with Crippen molar-refractivity contribution in [3.63, 3.8) is 0 Å². The zero-order valence-corrected chi connectivity index (χ0v) is 20.8. The molecule has 0 saturated carbocycles. The van der Waals surface area contributed by atoms with Crippen molar-refractivity contribution >= 4 is 7.82 Å². The van der Waals surface area contributed by atoms with Crippen molar-refractivity contribution < 1.29 is 48.3 Å². The lowest BCUT2D eigenvalue weighted by Crippen LogP contribution is -2.28. The van der Waals surface area contributed by atoms with Crippen LogP contribution in [0.25, 0.3) is 0 Å². The van der Waals surface area contributed by atoms with Gasteiger partial charge in [0.2, 0.25) is 0 Å². The highest BCUT2D eigenvalue weighted by Gasteiger charge is 2.19. The fourth-order valence-corrected chi connectivity index (χ4v) is 3.06. The second-order valence-electron chi connectivity index (χ2n) is 6.86. The second-order valence-corrected chi connectivity index (χ2v) is 8.31. The van der Waals surface area contributed by atoms with Gasteiger partial charge in [-0.25, -0.2) is 19.1 Å². The maximum Gasteiger partial charge on any atom is 0.472 e. The lowest BCUT2D eigenvalue weighted by atomic mass is 10.2. The van der Waals surface area contributed by atoms with E-state index < -0.39 is 7.82 Å². The van der Waals surface area contributed by atoms with E-state index in [9.17, 15) is 9.46 Å². The standard InChI is InChI=1S/C14H31O4P.C6H15NO6/c1-3-5-7-9-11-13-17-19(15,16)18-14-12-10-8-6-4-2;8-1-4-11-7(12-5-2-9)13-6-3-10/h3-14H2,1-2H3,(H,15,16);8-10H,1-6H2. The fourth-order valence-electron chi connectivity index (χ4n) is 2.27. The molecule has 0 aliphatic rings. The molecule has 0 spiro atoms. The largest absolute Gasteiger partial charge is 0.472 e. The van der Waals surface area contributed by atoms with Crippen LogP contribution >= 0.6 is 7.82 Å². The van der Waals surface area contributed by atoms with Crippen molar-refractivity contribution in [2.45, 2.75) is 78.1 Å². The van der Waals surface area contributed by atoms with Crippen LogP contribution in [-0.2, 0) is 28.1 Å². The van der Waals surface area contributed by atoms with Crippen LogP contribution in [-0.4, -0.2) is 78.5 Å². The predicted octanol–water partition coefficient (Wildman–Crippen LogP) is 3.12. The van der Waals surface area contributed by atoms with E-state index in [1.165, 1.54) is 25.7 Å². The molecule has 32 heavy (non-hydrogen) atoms. The molecule has 0 unspecified atom stereocenters. The Morgan fingerprint density at radius 1 is 0.594 bits per heavy atom.